The fourth-order valence-corrected chi connectivity index (χ4v) is 5.05. The number of hydrogen-bond acceptors (Lipinski definition) is 6. The van der Waals surface area contributed by atoms with Crippen LogP contribution in [-0.2, 0) is 10.0 Å². The summed E-state index contributed by atoms with van der Waals surface area (Å²) in [5.74, 6) is 0.757. The van der Waals surface area contributed by atoms with Crippen molar-refractivity contribution in [2.24, 2.45) is 5.92 Å². The van der Waals surface area contributed by atoms with Gasteiger partial charge in [-0.2, -0.15) is 4.31 Å². The molecule has 0 saturated carbocycles. The molecule has 0 N–H and O–H groups in total. The van der Waals surface area contributed by atoms with Crippen LogP contribution in [0.2, 0.25) is 5.02 Å². The van der Waals surface area contributed by atoms with Crippen LogP contribution in [0.15, 0.2) is 27.7 Å². The zero-order valence-corrected chi connectivity index (χ0v) is 15.7. The lowest BCUT2D eigenvalue weighted by Crippen LogP contribution is -2.41. The van der Waals surface area contributed by atoms with Crippen molar-refractivity contribution in [3.63, 3.8) is 0 Å². The molecule has 7 nitrogen and oxygen atoms in total. The molecule has 1 atom stereocenters. The van der Waals surface area contributed by atoms with Crippen molar-refractivity contribution in [3.8, 4) is 5.88 Å². The highest BCUT2D eigenvalue weighted by atomic mass is 35.5. The number of sulfonamides is 1. The van der Waals surface area contributed by atoms with Crippen molar-refractivity contribution in [1.29, 1.82) is 0 Å². The Kier molecular flexibility index (Phi) is 5.31. The highest BCUT2D eigenvalue weighted by Gasteiger charge is 2.34. The third-order valence-electron chi connectivity index (χ3n) is 4.23. The van der Waals surface area contributed by atoms with Gasteiger partial charge >= 0.3 is 0 Å². The Hall–Kier alpha value is -1.64. The number of piperidine rings is 1. The first-order chi connectivity index (χ1) is 11.9. The summed E-state index contributed by atoms with van der Waals surface area (Å²) in [7, 11) is -3.62. The minimum Gasteiger partial charge on any atom is -0.476 e. The first-order valence-electron chi connectivity index (χ1n) is 8.06. The van der Waals surface area contributed by atoms with Crippen LogP contribution in [0.25, 0.3) is 0 Å². The Labute approximate surface area is 152 Å². The number of pyridine rings is 1. The van der Waals surface area contributed by atoms with Crippen LogP contribution in [0, 0.1) is 19.8 Å². The lowest BCUT2D eigenvalue weighted by molar-refractivity contribution is 0.176. The van der Waals surface area contributed by atoms with Crippen molar-refractivity contribution in [2.75, 3.05) is 19.7 Å². The zero-order chi connectivity index (χ0) is 18.0. The molecule has 3 rings (SSSR count). The first-order valence-corrected chi connectivity index (χ1v) is 9.87. The van der Waals surface area contributed by atoms with Crippen molar-refractivity contribution in [2.45, 2.75) is 31.6 Å². The van der Waals surface area contributed by atoms with Gasteiger partial charge in [-0.3, -0.25) is 0 Å². The van der Waals surface area contributed by atoms with Crippen molar-refractivity contribution in [1.82, 2.24) is 14.4 Å². The maximum Gasteiger partial charge on any atom is 0.248 e. The molecule has 1 aliphatic heterocycles. The number of rotatable bonds is 5. The molecule has 0 spiro atoms. The second-order valence-corrected chi connectivity index (χ2v) is 8.41. The molecule has 0 aromatic carbocycles. The van der Waals surface area contributed by atoms with E-state index in [9.17, 15) is 8.42 Å². The van der Waals surface area contributed by atoms with Gasteiger partial charge in [-0.15, -0.1) is 0 Å². The van der Waals surface area contributed by atoms with Gasteiger partial charge in [0, 0.05) is 25.2 Å². The molecule has 25 heavy (non-hydrogen) atoms. The van der Waals surface area contributed by atoms with Gasteiger partial charge in [-0.1, -0.05) is 16.8 Å². The van der Waals surface area contributed by atoms with E-state index in [4.69, 9.17) is 20.9 Å². The molecule has 1 unspecified atom stereocenters. The van der Waals surface area contributed by atoms with Crippen LogP contribution in [0.1, 0.15) is 24.3 Å². The summed E-state index contributed by atoms with van der Waals surface area (Å²) in [6.45, 7) is 4.48. The molecular formula is C16H20ClN3O4S. The van der Waals surface area contributed by atoms with Crippen molar-refractivity contribution < 1.29 is 17.7 Å². The Bertz CT molecular complexity index is 833. The first kappa shape index (κ1) is 18.2. The molecule has 0 aliphatic carbocycles. The predicted octanol–water partition coefficient (Wildman–Crippen LogP) is 2.82. The number of hydrogen-bond donors (Lipinski definition) is 0. The van der Waals surface area contributed by atoms with Crippen LogP contribution in [0.4, 0.5) is 0 Å². The summed E-state index contributed by atoms with van der Waals surface area (Å²) in [6, 6.07) is 3.44. The smallest absolute Gasteiger partial charge is 0.248 e. The predicted molar refractivity (Wildman–Crippen MR) is 92.2 cm³/mol. The highest BCUT2D eigenvalue weighted by Crippen LogP contribution is 2.28. The standard InChI is InChI=1S/C16H20ClN3O4S/c1-11-15(12(2)24-19-11)25(21,22)20-8-4-5-13(9-20)10-23-16-14(17)6-3-7-18-16/h3,6-7,13H,4-5,8-10H2,1-2H3. The van der Waals surface area contributed by atoms with E-state index in [0.717, 1.165) is 12.8 Å². The zero-order valence-electron chi connectivity index (χ0n) is 14.1. The van der Waals surface area contributed by atoms with Crippen molar-refractivity contribution >= 4 is 21.6 Å². The third-order valence-corrected chi connectivity index (χ3v) is 6.63. The molecular weight excluding hydrogens is 366 g/mol. The summed E-state index contributed by atoms with van der Waals surface area (Å²) >= 11 is 6.03. The van der Waals surface area contributed by atoms with Gasteiger partial charge in [0.2, 0.25) is 15.9 Å². The molecule has 9 heteroatoms. The van der Waals surface area contributed by atoms with Gasteiger partial charge in [0.15, 0.2) is 5.76 Å². The van der Waals surface area contributed by atoms with E-state index in [1.54, 1.807) is 32.2 Å². The second kappa shape index (κ2) is 7.31. The normalized spacial score (nSPS) is 19.1. The number of nitrogens with zero attached hydrogens (tertiary/aromatic N) is 3. The molecule has 1 saturated heterocycles. The molecule has 2 aromatic heterocycles. The average Bonchev–Trinajstić information content (AvgIpc) is 2.94. The highest BCUT2D eigenvalue weighted by molar-refractivity contribution is 7.89. The van der Waals surface area contributed by atoms with E-state index in [0.29, 0.717) is 42.1 Å². The Morgan fingerprint density at radius 1 is 1.44 bits per heavy atom. The van der Waals surface area contributed by atoms with Gasteiger partial charge < -0.3 is 9.26 Å². The van der Waals surface area contributed by atoms with Crippen LogP contribution in [0.5, 0.6) is 5.88 Å². The quantitative estimate of drug-likeness (QED) is 0.786. The van der Waals surface area contributed by atoms with Crippen LogP contribution >= 0.6 is 11.6 Å². The molecule has 1 aliphatic rings. The number of aromatic nitrogens is 2. The minimum atomic E-state index is -3.62. The van der Waals surface area contributed by atoms with E-state index >= 15 is 0 Å². The summed E-state index contributed by atoms with van der Waals surface area (Å²) in [4.78, 5) is 4.26. The van der Waals surface area contributed by atoms with Gasteiger partial charge in [0.25, 0.3) is 0 Å². The SMILES string of the molecule is Cc1noc(C)c1S(=O)(=O)N1CCCC(COc2ncccc2Cl)C1. The van der Waals surface area contributed by atoms with E-state index in [1.165, 1.54) is 4.31 Å². The van der Waals surface area contributed by atoms with Gasteiger partial charge in [-0.05, 0) is 38.8 Å². The number of ether oxygens (including phenoxy) is 1. The maximum absolute atomic E-state index is 12.9. The van der Waals surface area contributed by atoms with Gasteiger partial charge in [0.1, 0.15) is 15.6 Å². The summed E-state index contributed by atoms with van der Waals surface area (Å²) in [5.41, 5.74) is 0.385. The lowest BCUT2D eigenvalue weighted by atomic mass is 10.0. The van der Waals surface area contributed by atoms with Gasteiger partial charge in [-0.25, -0.2) is 13.4 Å². The van der Waals surface area contributed by atoms with Crippen molar-refractivity contribution in [3.05, 3.63) is 34.8 Å². The van der Waals surface area contributed by atoms with E-state index < -0.39 is 10.0 Å². The Morgan fingerprint density at radius 2 is 2.24 bits per heavy atom. The summed E-state index contributed by atoms with van der Waals surface area (Å²) in [5, 5.41) is 4.20. The molecule has 0 radical (unpaired) electrons. The van der Waals surface area contributed by atoms with Gasteiger partial charge in [0.05, 0.1) is 6.61 Å². The molecule has 1 fully saturated rings. The number of aryl methyl sites for hydroxylation is 2. The summed E-state index contributed by atoms with van der Waals surface area (Å²) < 4.78 is 38.0. The second-order valence-electron chi connectivity index (χ2n) is 6.13. The molecule has 0 amide bonds. The molecule has 3 heterocycles. The van der Waals surface area contributed by atoms with E-state index in [1.807, 2.05) is 0 Å². The fraction of sp³-hybridized carbons (Fsp3) is 0.500. The van der Waals surface area contributed by atoms with Crippen LogP contribution < -0.4 is 4.74 Å². The van der Waals surface area contributed by atoms with Crippen LogP contribution in [0.3, 0.4) is 0 Å². The summed E-state index contributed by atoms with van der Waals surface area (Å²) in [6.07, 6.45) is 3.26. The maximum atomic E-state index is 12.9. The van der Waals surface area contributed by atoms with E-state index in [-0.39, 0.29) is 10.8 Å². The van der Waals surface area contributed by atoms with Crippen LogP contribution in [-0.4, -0.2) is 42.6 Å². The molecule has 136 valence electrons. The van der Waals surface area contributed by atoms with E-state index in [2.05, 4.69) is 10.1 Å². The number of halogens is 1. The lowest BCUT2D eigenvalue weighted by Gasteiger charge is -2.31. The average molecular weight is 386 g/mol. The molecule has 2 aromatic rings. The Morgan fingerprint density at radius 3 is 2.92 bits per heavy atom. The fourth-order valence-electron chi connectivity index (χ4n) is 3.03. The minimum absolute atomic E-state index is 0.0714. The molecule has 0 bridgehead atoms. The topological polar surface area (TPSA) is 85.5 Å². The Balaban J connectivity index is 1.70. The largest absolute Gasteiger partial charge is 0.476 e. The third kappa shape index (κ3) is 3.80. The monoisotopic (exact) mass is 385 g/mol.